The van der Waals surface area contributed by atoms with Crippen LogP contribution in [0.2, 0.25) is 0 Å². The van der Waals surface area contributed by atoms with Crippen LogP contribution in [0.3, 0.4) is 0 Å². The molecule has 0 atom stereocenters. The van der Waals surface area contributed by atoms with Crippen LogP contribution in [0.5, 0.6) is 11.5 Å². The second-order valence-electron chi connectivity index (χ2n) is 10.2. The molecule has 2 aromatic rings. The number of aliphatic hydroxyl groups is 2. The summed E-state index contributed by atoms with van der Waals surface area (Å²) in [6, 6.07) is 17.4. The number of aryl methyl sites for hydroxylation is 2. The predicted octanol–water partition coefficient (Wildman–Crippen LogP) is 9.05. The summed E-state index contributed by atoms with van der Waals surface area (Å²) in [5.41, 5.74) is 2.84. The van der Waals surface area contributed by atoms with Crippen LogP contribution in [-0.2, 0) is 17.6 Å². The average molecular weight is 529 g/mol. The van der Waals surface area contributed by atoms with Gasteiger partial charge in [0, 0.05) is 0 Å². The van der Waals surface area contributed by atoms with E-state index < -0.39 is 0 Å². The van der Waals surface area contributed by atoms with Crippen LogP contribution in [0.4, 0.5) is 0 Å². The monoisotopic (exact) mass is 528 g/mol. The third-order valence-corrected chi connectivity index (χ3v) is 6.69. The normalized spacial score (nSPS) is 10.7. The summed E-state index contributed by atoms with van der Waals surface area (Å²) in [5.74, 6) is 1.87. The Morgan fingerprint density at radius 1 is 0.474 bits per heavy atom. The van der Waals surface area contributed by atoms with Gasteiger partial charge < -0.3 is 19.7 Å². The zero-order valence-electron chi connectivity index (χ0n) is 24.5. The van der Waals surface area contributed by atoms with Crippen LogP contribution in [0.15, 0.2) is 48.5 Å². The van der Waals surface area contributed by atoms with Crippen molar-refractivity contribution in [2.24, 2.45) is 0 Å². The lowest BCUT2D eigenvalue weighted by molar-refractivity contribution is 0.0650. The molecule has 0 radical (unpaired) electrons. The van der Waals surface area contributed by atoms with Gasteiger partial charge in [0.1, 0.15) is 11.5 Å². The molecular formula is C34H56O4. The third kappa shape index (κ3) is 19.2. The van der Waals surface area contributed by atoms with Crippen molar-refractivity contribution >= 4 is 0 Å². The summed E-state index contributed by atoms with van der Waals surface area (Å²) in [6.07, 6.45) is 21.5. The summed E-state index contributed by atoms with van der Waals surface area (Å²) in [6.45, 7) is 5.25. The minimum atomic E-state index is 0.0278. The van der Waals surface area contributed by atoms with Gasteiger partial charge in [0.05, 0.1) is 26.4 Å². The van der Waals surface area contributed by atoms with Crippen molar-refractivity contribution in [1.82, 2.24) is 0 Å². The first-order valence-electron chi connectivity index (χ1n) is 15.4. The fourth-order valence-corrected chi connectivity index (χ4v) is 4.39. The molecule has 0 aliphatic heterocycles. The molecule has 216 valence electrons. The molecule has 0 spiro atoms. The van der Waals surface area contributed by atoms with Crippen molar-refractivity contribution in [3.8, 4) is 11.5 Å². The molecule has 0 saturated heterocycles. The molecule has 2 N–H and O–H groups in total. The molecule has 2 aromatic carbocycles. The van der Waals surface area contributed by atoms with Crippen LogP contribution < -0.4 is 4.74 Å². The van der Waals surface area contributed by atoms with Crippen molar-refractivity contribution in [3.05, 3.63) is 59.7 Å². The van der Waals surface area contributed by atoms with Crippen LogP contribution in [-0.4, -0.2) is 36.6 Å². The molecule has 38 heavy (non-hydrogen) atoms. The zero-order chi connectivity index (χ0) is 27.5. The van der Waals surface area contributed by atoms with Crippen molar-refractivity contribution in [3.63, 3.8) is 0 Å². The highest BCUT2D eigenvalue weighted by molar-refractivity contribution is 5.34. The minimum absolute atomic E-state index is 0.0278. The molecule has 0 heterocycles. The van der Waals surface area contributed by atoms with Crippen molar-refractivity contribution in [2.45, 2.75) is 117 Å². The highest BCUT2D eigenvalue weighted by Crippen LogP contribution is 2.23. The first kappa shape index (κ1) is 34.1. The van der Waals surface area contributed by atoms with Gasteiger partial charge in [-0.2, -0.15) is 0 Å². The van der Waals surface area contributed by atoms with Gasteiger partial charge in [0.25, 0.3) is 0 Å². The first-order valence-corrected chi connectivity index (χ1v) is 15.4. The van der Waals surface area contributed by atoms with Crippen LogP contribution in [0, 0.1) is 0 Å². The van der Waals surface area contributed by atoms with E-state index in [1.54, 1.807) is 0 Å². The lowest BCUT2D eigenvalue weighted by Gasteiger charge is -2.08. The summed E-state index contributed by atoms with van der Waals surface area (Å²) in [4.78, 5) is 0. The minimum Gasteiger partial charge on any atom is -0.457 e. The second-order valence-corrected chi connectivity index (χ2v) is 10.2. The first-order chi connectivity index (χ1) is 18.7. The van der Waals surface area contributed by atoms with Gasteiger partial charge >= 0.3 is 0 Å². The van der Waals surface area contributed by atoms with Gasteiger partial charge in [-0.15, -0.1) is 0 Å². The van der Waals surface area contributed by atoms with E-state index in [-0.39, 0.29) is 13.2 Å². The molecule has 0 bridgehead atoms. The van der Waals surface area contributed by atoms with E-state index in [1.165, 1.54) is 114 Å². The number of rotatable bonds is 22. The van der Waals surface area contributed by atoms with Crippen LogP contribution >= 0.6 is 0 Å². The second kappa shape index (κ2) is 25.4. The van der Waals surface area contributed by atoms with E-state index in [0.29, 0.717) is 13.2 Å². The summed E-state index contributed by atoms with van der Waals surface area (Å²) >= 11 is 0. The maximum absolute atomic E-state index is 8.09. The third-order valence-electron chi connectivity index (χ3n) is 6.69. The Bertz CT molecular complexity index is 679. The quantitative estimate of drug-likeness (QED) is 0.150. The average Bonchev–Trinajstić information content (AvgIpc) is 2.94. The van der Waals surface area contributed by atoms with Crippen LogP contribution in [0.25, 0.3) is 0 Å². The Balaban J connectivity index is 0.000000905. The molecule has 4 heteroatoms. The van der Waals surface area contributed by atoms with E-state index in [0.717, 1.165) is 11.5 Å². The predicted molar refractivity (Wildman–Crippen MR) is 161 cm³/mol. The molecular weight excluding hydrogens is 472 g/mol. The molecule has 0 fully saturated rings. The van der Waals surface area contributed by atoms with Gasteiger partial charge in [-0.3, -0.25) is 0 Å². The largest absolute Gasteiger partial charge is 0.457 e. The number of ether oxygens (including phenoxy) is 2. The smallest absolute Gasteiger partial charge is 0.127 e. The highest BCUT2D eigenvalue weighted by atomic mass is 16.5. The highest BCUT2D eigenvalue weighted by Gasteiger charge is 2.01. The molecule has 0 aliphatic rings. The van der Waals surface area contributed by atoms with E-state index in [9.17, 15) is 0 Å². The van der Waals surface area contributed by atoms with E-state index in [1.807, 2.05) is 0 Å². The fourth-order valence-electron chi connectivity index (χ4n) is 4.39. The zero-order valence-corrected chi connectivity index (χ0v) is 24.5. The summed E-state index contributed by atoms with van der Waals surface area (Å²) < 4.78 is 10.7. The maximum atomic E-state index is 8.09. The number of unbranched alkanes of at least 4 members (excludes halogenated alkanes) is 12. The standard InChI is InChI=1S/C30H46O.C4H10O3/c1-3-5-7-9-11-13-15-17-27-19-23-29(24-20-27)31-30-25-21-28(22-26-30)18-16-14-12-10-8-6-4-2;5-1-3-7-4-2-6/h19-26H,3-18H2,1-2H3;5-6H,1-4H2. The molecule has 0 aliphatic carbocycles. The SMILES string of the molecule is CCCCCCCCCc1ccc(Oc2ccc(CCCCCCCCC)cc2)cc1.OCCOCCO. The van der Waals surface area contributed by atoms with Gasteiger partial charge in [-0.1, -0.05) is 115 Å². The molecule has 4 nitrogen and oxygen atoms in total. The number of hydrogen-bond acceptors (Lipinski definition) is 4. The van der Waals surface area contributed by atoms with E-state index >= 15 is 0 Å². The Morgan fingerprint density at radius 2 is 0.816 bits per heavy atom. The van der Waals surface area contributed by atoms with Gasteiger partial charge in [-0.25, -0.2) is 0 Å². The summed E-state index contributed by atoms with van der Waals surface area (Å²) in [5, 5.41) is 16.2. The molecule has 0 amide bonds. The molecule has 0 saturated carbocycles. The van der Waals surface area contributed by atoms with Crippen molar-refractivity contribution in [1.29, 1.82) is 0 Å². The fraction of sp³-hybridized carbons (Fsp3) is 0.647. The molecule has 0 aromatic heterocycles. The maximum Gasteiger partial charge on any atom is 0.127 e. The molecule has 2 rings (SSSR count). The van der Waals surface area contributed by atoms with Gasteiger partial charge in [-0.05, 0) is 61.1 Å². The molecule has 0 unspecified atom stereocenters. The van der Waals surface area contributed by atoms with Gasteiger partial charge in [0.15, 0.2) is 0 Å². The van der Waals surface area contributed by atoms with Crippen LogP contribution in [0.1, 0.15) is 115 Å². The summed E-state index contributed by atoms with van der Waals surface area (Å²) in [7, 11) is 0. The lowest BCUT2D eigenvalue weighted by atomic mass is 10.0. The Labute approximate surface area is 233 Å². The van der Waals surface area contributed by atoms with Crippen molar-refractivity contribution < 1.29 is 19.7 Å². The van der Waals surface area contributed by atoms with E-state index in [4.69, 9.17) is 14.9 Å². The topological polar surface area (TPSA) is 58.9 Å². The number of hydrogen-bond donors (Lipinski definition) is 2. The van der Waals surface area contributed by atoms with E-state index in [2.05, 4.69) is 67.1 Å². The number of aliphatic hydroxyl groups excluding tert-OH is 2. The Morgan fingerprint density at radius 3 is 1.16 bits per heavy atom. The lowest BCUT2D eigenvalue weighted by Crippen LogP contribution is -2.03. The Kier molecular flexibility index (Phi) is 22.8. The van der Waals surface area contributed by atoms with Gasteiger partial charge in [0.2, 0.25) is 0 Å². The van der Waals surface area contributed by atoms with Crippen molar-refractivity contribution in [2.75, 3.05) is 26.4 Å². The number of benzene rings is 2. The Hall–Kier alpha value is -1.88.